The first-order chi connectivity index (χ1) is 32.7. The third-order valence-corrected chi connectivity index (χ3v) is 13.7. The molecule has 4 heteroatoms. The van der Waals surface area contributed by atoms with Crippen LogP contribution < -0.4 is 0 Å². The molecule has 0 amide bonds. The second-order valence-corrected chi connectivity index (χ2v) is 17.3. The lowest BCUT2D eigenvalue weighted by molar-refractivity contribution is 0.996. The maximum Gasteiger partial charge on any atom is 0.235 e. The Hall–Kier alpha value is -8.86. The largest absolute Gasteiger partial charge is 0.309 e. The fraction of sp³-hybridized carbons (Fsp3) is 0. The van der Waals surface area contributed by atoms with Crippen LogP contribution in [0.4, 0.5) is 0 Å². The fourth-order valence-electron chi connectivity index (χ4n) is 10.7. The molecular formula is C62H38N4. The number of nitrogens with zero attached hydrogens (tertiary/aromatic N) is 4. The van der Waals surface area contributed by atoms with Crippen molar-refractivity contribution >= 4 is 65.2 Å². The summed E-state index contributed by atoms with van der Waals surface area (Å²) in [5.41, 5.74) is 16.7. The predicted molar refractivity (Wildman–Crippen MR) is 275 cm³/mol. The first kappa shape index (κ1) is 36.6. The number of rotatable bonds is 7. The first-order valence-electron chi connectivity index (χ1n) is 22.6. The lowest BCUT2D eigenvalue weighted by atomic mass is 9.90. The second-order valence-electron chi connectivity index (χ2n) is 17.3. The van der Waals surface area contributed by atoms with E-state index in [1.807, 2.05) is 0 Å². The SMILES string of the molecule is c1ccc(-c2ccc(-c3cc(-c4ccc(-c5ccccc5)cc4)nc(-n4c5cccc6ccc7c(-c8ccc9c%10c8ccc8cccc(c8%10)n9-c8ccccc8)ccc4c7c65)n3)cc2)cc1. The number of para-hydroxylation sites is 1. The van der Waals surface area contributed by atoms with Crippen LogP contribution >= 0.6 is 0 Å². The molecule has 306 valence electrons. The van der Waals surface area contributed by atoms with E-state index in [2.05, 4.69) is 240 Å². The Morgan fingerprint density at radius 2 is 0.682 bits per heavy atom. The van der Waals surface area contributed by atoms with Crippen LogP contribution in [0.5, 0.6) is 0 Å². The van der Waals surface area contributed by atoms with Gasteiger partial charge in [-0.25, -0.2) is 9.97 Å². The van der Waals surface area contributed by atoms with Crippen LogP contribution in [0.1, 0.15) is 0 Å². The minimum absolute atomic E-state index is 0.639. The molecule has 14 rings (SSSR count). The summed E-state index contributed by atoms with van der Waals surface area (Å²) in [6, 6.07) is 83.1. The van der Waals surface area contributed by atoms with Crippen LogP contribution in [0.2, 0.25) is 0 Å². The zero-order valence-electron chi connectivity index (χ0n) is 35.7. The van der Waals surface area contributed by atoms with E-state index in [0.29, 0.717) is 5.95 Å². The van der Waals surface area contributed by atoms with Gasteiger partial charge in [0.2, 0.25) is 5.95 Å². The number of benzene rings is 11. The molecule has 11 aromatic carbocycles. The molecule has 0 atom stereocenters. The molecule has 0 radical (unpaired) electrons. The standard InChI is InChI=1S/C62H38N4/c1-4-12-39(13-5-1)41-22-26-43(27-23-41)52-38-53(44-28-24-42(25-29-44)40-14-6-2-7-15-40)64-62(63-52)66-55-21-11-17-46-31-33-51-49(35-37-57(66)61(51)59(46)55)48-34-36-56-60-50(48)32-30-45-16-10-20-54(58(45)60)65(56)47-18-8-3-9-19-47/h1-38H. The summed E-state index contributed by atoms with van der Waals surface area (Å²) < 4.78 is 4.70. The molecule has 0 saturated heterocycles. The zero-order valence-corrected chi connectivity index (χ0v) is 35.7. The van der Waals surface area contributed by atoms with Gasteiger partial charge in [0, 0.05) is 38.4 Å². The van der Waals surface area contributed by atoms with Crippen molar-refractivity contribution in [1.29, 1.82) is 0 Å². The minimum Gasteiger partial charge on any atom is -0.309 e. The Bertz CT molecular complexity index is 4010. The van der Waals surface area contributed by atoms with Gasteiger partial charge in [-0.1, -0.05) is 188 Å². The molecule has 66 heavy (non-hydrogen) atoms. The van der Waals surface area contributed by atoms with E-state index >= 15 is 0 Å². The molecule has 0 saturated carbocycles. The van der Waals surface area contributed by atoms with Gasteiger partial charge in [0.1, 0.15) is 0 Å². The van der Waals surface area contributed by atoms with Gasteiger partial charge in [0.15, 0.2) is 0 Å². The van der Waals surface area contributed by atoms with Gasteiger partial charge in [-0.05, 0) is 97.4 Å². The molecule has 0 unspecified atom stereocenters. The molecule has 0 spiro atoms. The topological polar surface area (TPSA) is 35.6 Å². The molecule has 0 aliphatic carbocycles. The van der Waals surface area contributed by atoms with Gasteiger partial charge < -0.3 is 4.57 Å². The van der Waals surface area contributed by atoms with Crippen LogP contribution in [0, 0.1) is 0 Å². The quantitative estimate of drug-likeness (QED) is 0.150. The number of hydrogen-bond donors (Lipinski definition) is 0. The lowest BCUT2D eigenvalue weighted by Crippen LogP contribution is -2.04. The van der Waals surface area contributed by atoms with Crippen molar-refractivity contribution in [3.63, 3.8) is 0 Å². The maximum atomic E-state index is 5.44. The van der Waals surface area contributed by atoms with Gasteiger partial charge in [-0.15, -0.1) is 0 Å². The minimum atomic E-state index is 0.639. The molecular weight excluding hydrogens is 801 g/mol. The summed E-state index contributed by atoms with van der Waals surface area (Å²) >= 11 is 0. The molecule has 0 bridgehead atoms. The van der Waals surface area contributed by atoms with E-state index in [9.17, 15) is 0 Å². The monoisotopic (exact) mass is 838 g/mol. The van der Waals surface area contributed by atoms with E-state index in [0.717, 1.165) is 39.2 Å². The molecule has 3 heterocycles. The van der Waals surface area contributed by atoms with Crippen molar-refractivity contribution < 1.29 is 0 Å². The Labute approximate surface area is 380 Å². The number of aromatic nitrogens is 4. The van der Waals surface area contributed by atoms with Crippen LogP contribution in [-0.2, 0) is 0 Å². The van der Waals surface area contributed by atoms with Gasteiger partial charge >= 0.3 is 0 Å². The normalized spacial score (nSPS) is 11.9. The number of hydrogen-bond acceptors (Lipinski definition) is 2. The van der Waals surface area contributed by atoms with Crippen molar-refractivity contribution in [2.24, 2.45) is 0 Å². The third kappa shape index (κ3) is 5.52. The highest BCUT2D eigenvalue weighted by atomic mass is 15.2. The van der Waals surface area contributed by atoms with Crippen LogP contribution in [0.3, 0.4) is 0 Å². The highest BCUT2D eigenvalue weighted by Gasteiger charge is 2.24. The summed E-state index contributed by atoms with van der Waals surface area (Å²) in [5.74, 6) is 0.639. The Morgan fingerprint density at radius 1 is 0.273 bits per heavy atom. The Balaban J connectivity index is 0.977. The Morgan fingerprint density at radius 3 is 1.18 bits per heavy atom. The van der Waals surface area contributed by atoms with Crippen LogP contribution in [-0.4, -0.2) is 19.1 Å². The van der Waals surface area contributed by atoms with Crippen LogP contribution in [0.25, 0.3) is 133 Å². The van der Waals surface area contributed by atoms with Crippen molar-refractivity contribution in [3.8, 4) is 67.5 Å². The van der Waals surface area contributed by atoms with Gasteiger partial charge in [-0.2, -0.15) is 0 Å². The van der Waals surface area contributed by atoms with Gasteiger partial charge in [0.25, 0.3) is 0 Å². The van der Waals surface area contributed by atoms with Gasteiger partial charge in [0.05, 0.1) is 33.5 Å². The Kier molecular flexibility index (Phi) is 7.95. The van der Waals surface area contributed by atoms with E-state index < -0.39 is 0 Å². The van der Waals surface area contributed by atoms with E-state index in [1.54, 1.807) is 0 Å². The summed E-state index contributed by atoms with van der Waals surface area (Å²) in [4.78, 5) is 10.9. The van der Waals surface area contributed by atoms with E-state index in [4.69, 9.17) is 9.97 Å². The predicted octanol–water partition coefficient (Wildman–Crippen LogP) is 16.2. The highest BCUT2D eigenvalue weighted by molar-refractivity contribution is 6.30. The van der Waals surface area contributed by atoms with Crippen molar-refractivity contribution in [2.45, 2.75) is 0 Å². The summed E-state index contributed by atoms with van der Waals surface area (Å²) in [6.07, 6.45) is 0. The average molecular weight is 839 g/mol. The first-order valence-corrected chi connectivity index (χ1v) is 22.6. The van der Waals surface area contributed by atoms with Crippen molar-refractivity contribution in [3.05, 3.63) is 231 Å². The molecule has 4 nitrogen and oxygen atoms in total. The molecule has 0 fully saturated rings. The lowest BCUT2D eigenvalue weighted by Gasteiger charge is -2.14. The molecule has 0 N–H and O–H groups in total. The molecule has 0 aliphatic rings. The maximum absolute atomic E-state index is 5.44. The summed E-state index contributed by atoms with van der Waals surface area (Å²) in [6.45, 7) is 0. The van der Waals surface area contributed by atoms with E-state index in [-0.39, 0.29) is 0 Å². The third-order valence-electron chi connectivity index (χ3n) is 13.7. The van der Waals surface area contributed by atoms with Crippen molar-refractivity contribution in [1.82, 2.24) is 19.1 Å². The van der Waals surface area contributed by atoms with Crippen molar-refractivity contribution in [2.75, 3.05) is 0 Å². The molecule has 14 aromatic rings. The smallest absolute Gasteiger partial charge is 0.235 e. The fourth-order valence-corrected chi connectivity index (χ4v) is 10.7. The molecule has 3 aromatic heterocycles. The van der Waals surface area contributed by atoms with E-state index in [1.165, 1.54) is 87.5 Å². The van der Waals surface area contributed by atoms with Crippen LogP contribution in [0.15, 0.2) is 231 Å². The summed E-state index contributed by atoms with van der Waals surface area (Å²) in [5, 5.41) is 9.94. The zero-order chi connectivity index (χ0) is 43.3. The highest BCUT2D eigenvalue weighted by Crippen LogP contribution is 2.47. The van der Waals surface area contributed by atoms with Gasteiger partial charge in [-0.3, -0.25) is 4.57 Å². The average Bonchev–Trinajstić information content (AvgIpc) is 3.93. The molecule has 0 aliphatic heterocycles. The summed E-state index contributed by atoms with van der Waals surface area (Å²) in [7, 11) is 0. The second kappa shape index (κ2) is 14.3.